The van der Waals surface area contributed by atoms with Gasteiger partial charge >= 0.3 is 19.8 Å². The molecule has 0 bridgehead atoms. The Bertz CT molecular complexity index is 761. The Kier molecular flexibility index (Phi) is 23.8. The predicted molar refractivity (Wildman–Crippen MR) is 151 cm³/mol. The average Bonchev–Trinajstić information content (AvgIpc) is 2.89. The molecule has 0 aromatic carbocycles. The van der Waals surface area contributed by atoms with Crippen molar-refractivity contribution in [2.75, 3.05) is 26.4 Å². The molecule has 0 radical (unpaired) electrons. The summed E-state index contributed by atoms with van der Waals surface area (Å²) in [7, 11) is -4.51. The standard InChI is InChI=1S/C28H52NO10P/c1-4-5-6-7-8-9-10-11-12-13-14-15-16-17-27(32)36-22-26(39-28(33)19-18-24(2)30)23-38-40(34,35)37-21-20-29-25(3)31/h26H,4-23H2,1-3H3,(H,29,31)(H,34,35)/t26-/m1/s1. The van der Waals surface area contributed by atoms with Crippen LogP contribution in [0.25, 0.3) is 0 Å². The fourth-order valence-electron chi connectivity index (χ4n) is 3.79. The normalized spacial score (nSPS) is 13.3. The number of hydrogen-bond acceptors (Lipinski definition) is 9. The predicted octanol–water partition coefficient (Wildman–Crippen LogP) is 5.56. The molecule has 2 atom stereocenters. The van der Waals surface area contributed by atoms with E-state index in [9.17, 15) is 28.6 Å². The largest absolute Gasteiger partial charge is 0.472 e. The number of phosphoric acid groups is 1. The molecular formula is C28H52NO10P. The summed E-state index contributed by atoms with van der Waals surface area (Å²) < 4.78 is 32.1. The van der Waals surface area contributed by atoms with Crippen molar-refractivity contribution >= 4 is 31.5 Å². The van der Waals surface area contributed by atoms with Gasteiger partial charge in [-0.15, -0.1) is 0 Å². The number of hydrogen-bond donors (Lipinski definition) is 2. The molecule has 0 saturated heterocycles. The van der Waals surface area contributed by atoms with Crippen molar-refractivity contribution in [2.45, 2.75) is 130 Å². The van der Waals surface area contributed by atoms with Crippen LogP contribution in [0, 0.1) is 0 Å². The highest BCUT2D eigenvalue weighted by molar-refractivity contribution is 7.47. The quantitative estimate of drug-likeness (QED) is 0.0702. The molecule has 12 heteroatoms. The molecular weight excluding hydrogens is 541 g/mol. The number of esters is 2. The van der Waals surface area contributed by atoms with Gasteiger partial charge in [-0.3, -0.25) is 23.4 Å². The van der Waals surface area contributed by atoms with Gasteiger partial charge in [-0.25, -0.2) is 4.57 Å². The molecule has 0 spiro atoms. The molecule has 0 aliphatic heterocycles. The first-order chi connectivity index (χ1) is 19.1. The monoisotopic (exact) mass is 593 g/mol. The number of carbonyl (C=O) groups excluding carboxylic acids is 4. The number of ketones is 1. The van der Waals surface area contributed by atoms with Gasteiger partial charge in [-0.05, 0) is 13.3 Å². The Morgan fingerprint density at radius 2 is 1.27 bits per heavy atom. The van der Waals surface area contributed by atoms with Gasteiger partial charge in [0, 0.05) is 26.3 Å². The van der Waals surface area contributed by atoms with Crippen LogP contribution < -0.4 is 5.32 Å². The Hall–Kier alpha value is -1.81. The highest BCUT2D eigenvalue weighted by atomic mass is 31.2. The minimum atomic E-state index is -4.51. The van der Waals surface area contributed by atoms with Crippen LogP contribution in [0.1, 0.15) is 124 Å². The lowest BCUT2D eigenvalue weighted by molar-refractivity contribution is -0.161. The third-order valence-electron chi connectivity index (χ3n) is 6.05. The molecule has 0 aromatic rings. The molecule has 0 aliphatic rings. The van der Waals surface area contributed by atoms with E-state index >= 15 is 0 Å². The van der Waals surface area contributed by atoms with E-state index in [1.54, 1.807) is 0 Å². The molecule has 0 saturated carbocycles. The van der Waals surface area contributed by atoms with Crippen molar-refractivity contribution in [1.82, 2.24) is 5.32 Å². The molecule has 0 fully saturated rings. The zero-order valence-electron chi connectivity index (χ0n) is 24.8. The minimum absolute atomic E-state index is 0.00348. The van der Waals surface area contributed by atoms with Gasteiger partial charge in [0.05, 0.1) is 19.6 Å². The molecule has 234 valence electrons. The first kappa shape index (κ1) is 38.2. The number of nitrogens with one attached hydrogen (secondary N) is 1. The zero-order chi connectivity index (χ0) is 30.1. The van der Waals surface area contributed by atoms with Crippen molar-refractivity contribution in [3.63, 3.8) is 0 Å². The second-order valence-electron chi connectivity index (χ2n) is 10.1. The number of ether oxygens (including phenoxy) is 2. The Labute approximate surface area is 240 Å². The highest BCUT2D eigenvalue weighted by Crippen LogP contribution is 2.43. The van der Waals surface area contributed by atoms with Gasteiger partial charge in [0.15, 0.2) is 6.10 Å². The maximum atomic E-state index is 12.2. The van der Waals surface area contributed by atoms with Crippen molar-refractivity contribution in [3.05, 3.63) is 0 Å². The third kappa shape index (κ3) is 26.4. The first-order valence-electron chi connectivity index (χ1n) is 14.8. The van der Waals surface area contributed by atoms with E-state index in [0.717, 1.165) is 19.3 Å². The molecule has 11 nitrogen and oxygen atoms in total. The van der Waals surface area contributed by atoms with Crippen molar-refractivity contribution < 1.29 is 47.2 Å². The lowest BCUT2D eigenvalue weighted by Gasteiger charge is -2.20. The maximum absolute atomic E-state index is 12.2. The molecule has 2 N–H and O–H groups in total. The molecule has 0 rings (SSSR count). The lowest BCUT2D eigenvalue weighted by Crippen LogP contribution is -2.30. The molecule has 1 amide bonds. The summed E-state index contributed by atoms with van der Waals surface area (Å²) >= 11 is 0. The summed E-state index contributed by atoms with van der Waals surface area (Å²) in [5.74, 6) is -1.71. The van der Waals surface area contributed by atoms with E-state index in [2.05, 4.69) is 12.2 Å². The third-order valence-corrected chi connectivity index (χ3v) is 7.03. The summed E-state index contributed by atoms with van der Waals surface area (Å²) in [4.78, 5) is 56.0. The van der Waals surface area contributed by atoms with Gasteiger partial charge in [-0.2, -0.15) is 0 Å². The molecule has 0 aliphatic carbocycles. The van der Waals surface area contributed by atoms with Crippen molar-refractivity contribution in [1.29, 1.82) is 0 Å². The zero-order valence-corrected chi connectivity index (χ0v) is 25.7. The number of Topliss-reactive ketones (excluding diaryl/α,β-unsaturated/α-hetero) is 1. The van der Waals surface area contributed by atoms with E-state index < -0.39 is 32.5 Å². The van der Waals surface area contributed by atoms with E-state index in [4.69, 9.17) is 18.5 Å². The van der Waals surface area contributed by atoms with Gasteiger partial charge in [0.2, 0.25) is 5.91 Å². The first-order valence-corrected chi connectivity index (χ1v) is 16.3. The number of rotatable bonds is 27. The Morgan fingerprint density at radius 1 is 0.725 bits per heavy atom. The van der Waals surface area contributed by atoms with Gasteiger partial charge < -0.3 is 24.5 Å². The average molecular weight is 594 g/mol. The van der Waals surface area contributed by atoms with Crippen LogP contribution in [-0.4, -0.2) is 61.0 Å². The van der Waals surface area contributed by atoms with E-state index in [-0.39, 0.29) is 50.7 Å². The molecule has 1 unspecified atom stereocenters. The van der Waals surface area contributed by atoms with Gasteiger partial charge in [-0.1, -0.05) is 84.0 Å². The lowest BCUT2D eigenvalue weighted by atomic mass is 10.0. The number of carbonyl (C=O) groups is 4. The van der Waals surface area contributed by atoms with Crippen LogP contribution in [-0.2, 0) is 42.3 Å². The highest BCUT2D eigenvalue weighted by Gasteiger charge is 2.26. The van der Waals surface area contributed by atoms with Crippen molar-refractivity contribution in [2.24, 2.45) is 0 Å². The number of amides is 1. The summed E-state index contributed by atoms with van der Waals surface area (Å²) in [6.45, 7) is 3.66. The van der Waals surface area contributed by atoms with E-state index in [0.29, 0.717) is 6.42 Å². The fraction of sp³-hybridized carbons (Fsp3) is 0.857. The molecule has 40 heavy (non-hydrogen) atoms. The summed E-state index contributed by atoms with van der Waals surface area (Å²) in [6.07, 6.45) is 14.4. The maximum Gasteiger partial charge on any atom is 0.472 e. The van der Waals surface area contributed by atoms with E-state index in [1.807, 2.05) is 0 Å². The van der Waals surface area contributed by atoms with Crippen LogP contribution in [0.15, 0.2) is 0 Å². The number of phosphoric ester groups is 1. The number of unbranched alkanes of at least 4 members (excludes halogenated alkanes) is 12. The minimum Gasteiger partial charge on any atom is -0.462 e. The van der Waals surface area contributed by atoms with Crippen LogP contribution in [0.4, 0.5) is 0 Å². The smallest absolute Gasteiger partial charge is 0.462 e. The Balaban J connectivity index is 4.26. The fourth-order valence-corrected chi connectivity index (χ4v) is 4.54. The van der Waals surface area contributed by atoms with Crippen LogP contribution in [0.5, 0.6) is 0 Å². The van der Waals surface area contributed by atoms with Gasteiger partial charge in [0.25, 0.3) is 0 Å². The van der Waals surface area contributed by atoms with Crippen LogP contribution in [0.2, 0.25) is 0 Å². The van der Waals surface area contributed by atoms with Crippen molar-refractivity contribution in [3.8, 4) is 0 Å². The second-order valence-corrected chi connectivity index (χ2v) is 11.5. The topological polar surface area (TPSA) is 155 Å². The summed E-state index contributed by atoms with van der Waals surface area (Å²) in [6, 6.07) is 0. The molecule has 0 heterocycles. The summed E-state index contributed by atoms with van der Waals surface area (Å²) in [5, 5.41) is 2.40. The van der Waals surface area contributed by atoms with E-state index in [1.165, 1.54) is 71.6 Å². The van der Waals surface area contributed by atoms with Crippen LogP contribution >= 0.6 is 7.82 Å². The SMILES string of the molecule is CCCCCCCCCCCCCCCC(=O)OC[C@H](COP(=O)(O)OCCNC(C)=O)OC(=O)CCC(C)=O. The molecule has 0 aromatic heterocycles. The second kappa shape index (κ2) is 24.9. The Morgan fingerprint density at radius 3 is 1.80 bits per heavy atom. The summed E-state index contributed by atoms with van der Waals surface area (Å²) in [5.41, 5.74) is 0. The van der Waals surface area contributed by atoms with Crippen LogP contribution in [0.3, 0.4) is 0 Å². The van der Waals surface area contributed by atoms with Gasteiger partial charge in [0.1, 0.15) is 12.4 Å².